The van der Waals surface area contributed by atoms with Gasteiger partial charge in [0.2, 0.25) is 0 Å². The molecule has 0 aliphatic heterocycles. The lowest BCUT2D eigenvalue weighted by atomic mass is 10.5. The van der Waals surface area contributed by atoms with Crippen LogP contribution < -0.4 is 5.50 Å². The van der Waals surface area contributed by atoms with E-state index in [1.807, 2.05) is 24.3 Å². The van der Waals surface area contributed by atoms with Gasteiger partial charge in [0.15, 0.2) is 0 Å². The SMILES string of the molecule is C=C/C=C(\OC)P(/C(=C/CC)OC)c1ccco1. The van der Waals surface area contributed by atoms with E-state index in [4.69, 9.17) is 13.9 Å². The molecule has 1 rings (SSSR count). The Balaban J connectivity index is 3.21. The Labute approximate surface area is 110 Å². The zero-order valence-corrected chi connectivity index (χ0v) is 11.9. The molecule has 1 aromatic heterocycles. The van der Waals surface area contributed by atoms with Crippen LogP contribution in [0.2, 0.25) is 0 Å². The molecule has 0 radical (unpaired) electrons. The summed E-state index contributed by atoms with van der Waals surface area (Å²) in [5.41, 5.74) is 2.52. The van der Waals surface area contributed by atoms with Crippen LogP contribution in [0.3, 0.4) is 0 Å². The van der Waals surface area contributed by atoms with Gasteiger partial charge in [-0.25, -0.2) is 0 Å². The predicted molar refractivity (Wildman–Crippen MR) is 75.9 cm³/mol. The minimum Gasteiger partial charge on any atom is -0.496 e. The number of furan rings is 1. The number of ether oxygens (including phenoxy) is 2. The van der Waals surface area contributed by atoms with Crippen LogP contribution in [0.1, 0.15) is 13.3 Å². The molecular formula is C14H19O3P. The van der Waals surface area contributed by atoms with Gasteiger partial charge in [0.25, 0.3) is 0 Å². The van der Waals surface area contributed by atoms with Crippen molar-refractivity contribution in [1.82, 2.24) is 0 Å². The molecule has 1 aromatic rings. The number of allylic oxidation sites excluding steroid dienone is 3. The molecule has 3 nitrogen and oxygen atoms in total. The molecule has 0 aromatic carbocycles. The largest absolute Gasteiger partial charge is 0.496 e. The van der Waals surface area contributed by atoms with Crippen molar-refractivity contribution >= 4 is 13.4 Å². The third-order valence-electron chi connectivity index (χ3n) is 2.22. The minimum absolute atomic E-state index is 0.802. The lowest BCUT2D eigenvalue weighted by Gasteiger charge is -2.19. The summed E-state index contributed by atoms with van der Waals surface area (Å²) >= 11 is 0. The maximum atomic E-state index is 5.51. The summed E-state index contributed by atoms with van der Waals surface area (Å²) in [6.45, 7) is 5.77. The molecule has 0 saturated heterocycles. The monoisotopic (exact) mass is 266 g/mol. The molecule has 1 heterocycles. The van der Waals surface area contributed by atoms with E-state index >= 15 is 0 Å². The summed E-state index contributed by atoms with van der Waals surface area (Å²) in [6, 6.07) is 3.80. The maximum absolute atomic E-state index is 5.51. The average molecular weight is 266 g/mol. The third kappa shape index (κ3) is 3.51. The normalized spacial score (nSPS) is 14.2. The Morgan fingerprint density at radius 1 is 1.39 bits per heavy atom. The van der Waals surface area contributed by atoms with Crippen molar-refractivity contribution < 1.29 is 13.9 Å². The molecule has 0 fully saturated rings. The first-order chi connectivity index (χ1) is 8.78. The Bertz CT molecular complexity index is 418. The average Bonchev–Trinajstić information content (AvgIpc) is 2.90. The van der Waals surface area contributed by atoms with E-state index in [0.29, 0.717) is 0 Å². The molecule has 0 N–H and O–H groups in total. The molecule has 4 heteroatoms. The lowest BCUT2D eigenvalue weighted by Crippen LogP contribution is -2.04. The third-order valence-corrected chi connectivity index (χ3v) is 4.50. The fraction of sp³-hybridized carbons (Fsp3) is 0.286. The Hall–Kier alpha value is -1.47. The van der Waals surface area contributed by atoms with Crippen molar-refractivity contribution in [3.8, 4) is 0 Å². The molecule has 0 bridgehead atoms. The first-order valence-corrected chi connectivity index (χ1v) is 7.07. The molecule has 0 aliphatic rings. The molecule has 0 spiro atoms. The molecule has 1 atom stereocenters. The van der Waals surface area contributed by atoms with Gasteiger partial charge < -0.3 is 13.9 Å². The number of rotatable bonds is 7. The summed E-state index contributed by atoms with van der Waals surface area (Å²) in [7, 11) is 2.40. The standard InChI is InChI=1S/C14H19O3P/c1-5-8-12(15-3)18(13(16-4)9-6-2)14-10-7-11-17-14/h5,7-11H,1,6H2,2-4H3/b12-8+,13-9+. The predicted octanol–water partition coefficient (Wildman–Crippen LogP) is 3.96. The van der Waals surface area contributed by atoms with E-state index in [1.54, 1.807) is 26.6 Å². The molecule has 18 heavy (non-hydrogen) atoms. The van der Waals surface area contributed by atoms with Crippen LogP contribution in [-0.4, -0.2) is 14.2 Å². The molecule has 98 valence electrons. The van der Waals surface area contributed by atoms with Gasteiger partial charge in [-0.05, 0) is 30.7 Å². The van der Waals surface area contributed by atoms with Gasteiger partial charge in [-0.1, -0.05) is 19.6 Å². The van der Waals surface area contributed by atoms with E-state index in [2.05, 4.69) is 13.5 Å². The quantitative estimate of drug-likeness (QED) is 0.425. The summed E-state index contributed by atoms with van der Waals surface area (Å²) < 4.78 is 16.4. The topological polar surface area (TPSA) is 31.6 Å². The number of hydrogen-bond donors (Lipinski definition) is 0. The molecule has 0 amide bonds. The van der Waals surface area contributed by atoms with Crippen LogP contribution in [0.5, 0.6) is 0 Å². The van der Waals surface area contributed by atoms with Gasteiger partial charge in [0.1, 0.15) is 24.4 Å². The van der Waals surface area contributed by atoms with E-state index in [9.17, 15) is 0 Å². The second kappa shape index (κ2) is 7.78. The Kier molecular flexibility index (Phi) is 6.31. The number of methoxy groups -OCH3 is 2. The van der Waals surface area contributed by atoms with E-state index in [-0.39, 0.29) is 0 Å². The van der Waals surface area contributed by atoms with Crippen LogP contribution in [0.15, 0.2) is 58.6 Å². The van der Waals surface area contributed by atoms with Gasteiger partial charge in [-0.3, -0.25) is 0 Å². The van der Waals surface area contributed by atoms with Crippen molar-refractivity contribution in [2.24, 2.45) is 0 Å². The van der Waals surface area contributed by atoms with Gasteiger partial charge in [-0.2, -0.15) is 0 Å². The van der Waals surface area contributed by atoms with Crippen LogP contribution in [0.25, 0.3) is 0 Å². The van der Waals surface area contributed by atoms with Gasteiger partial charge in [0, 0.05) is 0 Å². The van der Waals surface area contributed by atoms with Crippen LogP contribution in [0, 0.1) is 0 Å². The summed E-state index contributed by atoms with van der Waals surface area (Å²) in [6.07, 6.45) is 8.15. The highest BCUT2D eigenvalue weighted by atomic mass is 31.1. The van der Waals surface area contributed by atoms with E-state index < -0.39 is 7.92 Å². The highest BCUT2D eigenvalue weighted by Crippen LogP contribution is 2.52. The van der Waals surface area contributed by atoms with Crippen molar-refractivity contribution in [2.45, 2.75) is 13.3 Å². The Morgan fingerprint density at radius 3 is 2.56 bits per heavy atom. The fourth-order valence-corrected chi connectivity index (χ4v) is 3.54. The second-order valence-corrected chi connectivity index (χ2v) is 5.38. The van der Waals surface area contributed by atoms with Crippen LogP contribution in [0.4, 0.5) is 0 Å². The maximum Gasteiger partial charge on any atom is 0.140 e. The summed E-state index contributed by atoms with van der Waals surface area (Å²) in [4.78, 5) is 0. The highest BCUT2D eigenvalue weighted by molar-refractivity contribution is 7.72. The summed E-state index contributed by atoms with van der Waals surface area (Å²) in [5.74, 6) is 0. The Morgan fingerprint density at radius 2 is 2.11 bits per heavy atom. The lowest BCUT2D eigenvalue weighted by molar-refractivity contribution is 0.307. The van der Waals surface area contributed by atoms with Crippen molar-refractivity contribution in [2.75, 3.05) is 14.2 Å². The van der Waals surface area contributed by atoms with Crippen LogP contribution >= 0.6 is 7.92 Å². The summed E-state index contributed by atoms with van der Waals surface area (Å²) in [5, 5.41) is 0. The van der Waals surface area contributed by atoms with E-state index in [0.717, 1.165) is 22.9 Å². The molecule has 0 saturated carbocycles. The molecule has 1 unspecified atom stereocenters. The molecular weight excluding hydrogens is 247 g/mol. The zero-order valence-electron chi connectivity index (χ0n) is 11.1. The fourth-order valence-electron chi connectivity index (χ4n) is 1.50. The van der Waals surface area contributed by atoms with Crippen molar-refractivity contribution in [3.05, 3.63) is 54.2 Å². The smallest absolute Gasteiger partial charge is 0.140 e. The highest BCUT2D eigenvalue weighted by Gasteiger charge is 2.25. The minimum atomic E-state index is -0.918. The number of hydrogen-bond acceptors (Lipinski definition) is 3. The van der Waals surface area contributed by atoms with Gasteiger partial charge in [0.05, 0.1) is 20.5 Å². The first-order valence-electron chi connectivity index (χ1n) is 5.73. The van der Waals surface area contributed by atoms with Crippen molar-refractivity contribution in [3.63, 3.8) is 0 Å². The molecule has 0 aliphatic carbocycles. The second-order valence-electron chi connectivity index (χ2n) is 3.39. The zero-order chi connectivity index (χ0) is 13.4. The van der Waals surface area contributed by atoms with Gasteiger partial charge >= 0.3 is 0 Å². The van der Waals surface area contributed by atoms with Gasteiger partial charge in [-0.15, -0.1) is 0 Å². The van der Waals surface area contributed by atoms with Crippen LogP contribution in [-0.2, 0) is 9.47 Å². The first kappa shape index (κ1) is 14.6. The van der Waals surface area contributed by atoms with E-state index in [1.165, 1.54) is 0 Å². The van der Waals surface area contributed by atoms with Crippen molar-refractivity contribution in [1.29, 1.82) is 0 Å².